The smallest absolute Gasteiger partial charge is 0.330 e. The minimum atomic E-state index is -0.311. The Hall–Kier alpha value is -0.790. The molecule has 1 unspecified atom stereocenters. The van der Waals surface area contributed by atoms with Crippen LogP contribution >= 0.6 is 0 Å². The molecule has 2 nitrogen and oxygen atoms in total. The van der Waals surface area contributed by atoms with E-state index in [0.29, 0.717) is 6.61 Å². The number of hydrogen-bond donors (Lipinski definition) is 0. The Bertz CT molecular complexity index is 243. The van der Waals surface area contributed by atoms with Crippen LogP contribution in [0.4, 0.5) is 0 Å². The van der Waals surface area contributed by atoms with E-state index in [-0.39, 0.29) is 16.8 Å². The standard InChI is InChI=1S/C12H20O2/c1-5-10(13)14-9-12(4)8-6-7-11(12,2)3/h5H,1,6-9H2,2-4H3. The molecule has 1 atom stereocenters. The summed E-state index contributed by atoms with van der Waals surface area (Å²) >= 11 is 0. The lowest BCUT2D eigenvalue weighted by Crippen LogP contribution is -2.34. The number of esters is 1. The van der Waals surface area contributed by atoms with Gasteiger partial charge in [0.05, 0.1) is 6.61 Å². The molecular formula is C12H20O2. The fraction of sp³-hybridized carbons (Fsp3) is 0.750. The third-order valence-corrected chi connectivity index (χ3v) is 3.86. The molecule has 0 saturated heterocycles. The molecule has 80 valence electrons. The van der Waals surface area contributed by atoms with Gasteiger partial charge in [-0.25, -0.2) is 4.79 Å². The Morgan fingerprint density at radius 3 is 2.50 bits per heavy atom. The van der Waals surface area contributed by atoms with Gasteiger partial charge in [-0.05, 0) is 18.3 Å². The van der Waals surface area contributed by atoms with Crippen LogP contribution in [0.1, 0.15) is 40.0 Å². The largest absolute Gasteiger partial charge is 0.462 e. The van der Waals surface area contributed by atoms with Gasteiger partial charge in [0.25, 0.3) is 0 Å². The molecule has 1 rings (SSSR count). The van der Waals surface area contributed by atoms with Crippen molar-refractivity contribution in [1.82, 2.24) is 0 Å². The number of carbonyl (C=O) groups excluding carboxylic acids is 1. The van der Waals surface area contributed by atoms with Crippen molar-refractivity contribution in [3.05, 3.63) is 12.7 Å². The first kappa shape index (κ1) is 11.3. The van der Waals surface area contributed by atoms with Crippen LogP contribution in [0.3, 0.4) is 0 Å². The molecule has 1 aliphatic carbocycles. The fourth-order valence-electron chi connectivity index (χ4n) is 2.12. The molecule has 14 heavy (non-hydrogen) atoms. The predicted octanol–water partition coefficient (Wildman–Crippen LogP) is 2.93. The van der Waals surface area contributed by atoms with Gasteiger partial charge >= 0.3 is 5.97 Å². The first-order chi connectivity index (χ1) is 6.41. The summed E-state index contributed by atoms with van der Waals surface area (Å²) in [7, 11) is 0. The highest BCUT2D eigenvalue weighted by Crippen LogP contribution is 2.52. The predicted molar refractivity (Wildman–Crippen MR) is 56.9 cm³/mol. The zero-order valence-corrected chi connectivity index (χ0v) is 9.43. The zero-order valence-electron chi connectivity index (χ0n) is 9.43. The van der Waals surface area contributed by atoms with E-state index in [2.05, 4.69) is 27.4 Å². The van der Waals surface area contributed by atoms with Crippen molar-refractivity contribution in [3.8, 4) is 0 Å². The molecule has 0 heterocycles. The molecule has 0 amide bonds. The van der Waals surface area contributed by atoms with E-state index in [9.17, 15) is 4.79 Å². The number of ether oxygens (including phenoxy) is 1. The van der Waals surface area contributed by atoms with E-state index < -0.39 is 0 Å². The summed E-state index contributed by atoms with van der Waals surface area (Å²) in [6.45, 7) is 10.6. The molecule has 1 fully saturated rings. The minimum Gasteiger partial charge on any atom is -0.462 e. The van der Waals surface area contributed by atoms with Gasteiger partial charge in [0.2, 0.25) is 0 Å². The van der Waals surface area contributed by atoms with Crippen molar-refractivity contribution in [3.63, 3.8) is 0 Å². The second-order valence-electron chi connectivity index (χ2n) is 5.11. The molecule has 0 aromatic rings. The molecular weight excluding hydrogens is 176 g/mol. The van der Waals surface area contributed by atoms with Crippen molar-refractivity contribution in [2.75, 3.05) is 6.61 Å². The van der Waals surface area contributed by atoms with Crippen LogP contribution in [0.2, 0.25) is 0 Å². The van der Waals surface area contributed by atoms with Crippen molar-refractivity contribution >= 4 is 5.97 Å². The summed E-state index contributed by atoms with van der Waals surface area (Å²) in [6, 6.07) is 0. The first-order valence-electron chi connectivity index (χ1n) is 5.20. The first-order valence-corrected chi connectivity index (χ1v) is 5.20. The second kappa shape index (κ2) is 3.76. The van der Waals surface area contributed by atoms with Crippen LogP contribution in [0.15, 0.2) is 12.7 Å². The molecule has 0 radical (unpaired) electrons. The maximum Gasteiger partial charge on any atom is 0.330 e. The van der Waals surface area contributed by atoms with Gasteiger partial charge in [0, 0.05) is 11.5 Å². The molecule has 0 bridgehead atoms. The average molecular weight is 196 g/mol. The molecule has 0 aromatic carbocycles. The lowest BCUT2D eigenvalue weighted by atomic mass is 9.70. The van der Waals surface area contributed by atoms with E-state index in [1.165, 1.54) is 18.9 Å². The molecule has 2 heteroatoms. The number of carbonyl (C=O) groups is 1. The van der Waals surface area contributed by atoms with Gasteiger partial charge in [-0.2, -0.15) is 0 Å². The van der Waals surface area contributed by atoms with E-state index in [1.54, 1.807) is 0 Å². The van der Waals surface area contributed by atoms with E-state index in [1.807, 2.05) is 0 Å². The maximum atomic E-state index is 11.0. The summed E-state index contributed by atoms with van der Waals surface area (Å²) in [4.78, 5) is 11.0. The van der Waals surface area contributed by atoms with Gasteiger partial charge in [-0.3, -0.25) is 0 Å². The van der Waals surface area contributed by atoms with Crippen LogP contribution in [0.25, 0.3) is 0 Å². The van der Waals surface area contributed by atoms with Crippen molar-refractivity contribution in [2.45, 2.75) is 40.0 Å². The highest BCUT2D eigenvalue weighted by atomic mass is 16.5. The monoisotopic (exact) mass is 196 g/mol. The summed E-state index contributed by atoms with van der Waals surface area (Å²) in [5, 5.41) is 0. The number of hydrogen-bond acceptors (Lipinski definition) is 2. The van der Waals surface area contributed by atoms with Crippen LogP contribution in [0, 0.1) is 10.8 Å². The quantitative estimate of drug-likeness (QED) is 0.512. The summed E-state index contributed by atoms with van der Waals surface area (Å²) in [6.07, 6.45) is 4.82. The highest BCUT2D eigenvalue weighted by molar-refractivity contribution is 5.81. The van der Waals surface area contributed by atoms with Gasteiger partial charge < -0.3 is 4.74 Å². The van der Waals surface area contributed by atoms with Crippen LogP contribution < -0.4 is 0 Å². The Morgan fingerprint density at radius 2 is 2.07 bits per heavy atom. The Labute approximate surface area is 86.3 Å². The van der Waals surface area contributed by atoms with E-state index in [4.69, 9.17) is 4.74 Å². The minimum absolute atomic E-state index is 0.131. The van der Waals surface area contributed by atoms with Crippen LogP contribution in [-0.4, -0.2) is 12.6 Å². The molecule has 0 N–H and O–H groups in total. The third kappa shape index (κ3) is 1.99. The Balaban J connectivity index is 2.58. The SMILES string of the molecule is C=CC(=O)OCC1(C)CCCC1(C)C. The van der Waals surface area contributed by atoms with Gasteiger partial charge in [-0.15, -0.1) is 0 Å². The zero-order chi connectivity index (χ0) is 10.8. The lowest BCUT2D eigenvalue weighted by Gasteiger charge is -2.37. The average Bonchev–Trinajstić information content (AvgIpc) is 2.38. The molecule has 1 saturated carbocycles. The Kier molecular flexibility index (Phi) is 3.03. The summed E-state index contributed by atoms with van der Waals surface area (Å²) < 4.78 is 5.16. The Morgan fingerprint density at radius 1 is 1.43 bits per heavy atom. The maximum absolute atomic E-state index is 11.0. The summed E-state index contributed by atoms with van der Waals surface area (Å²) in [5.41, 5.74) is 0.403. The highest BCUT2D eigenvalue weighted by Gasteiger charge is 2.45. The normalized spacial score (nSPS) is 29.9. The van der Waals surface area contributed by atoms with Gasteiger partial charge in [-0.1, -0.05) is 33.8 Å². The van der Waals surface area contributed by atoms with Crippen molar-refractivity contribution in [2.24, 2.45) is 10.8 Å². The van der Waals surface area contributed by atoms with Crippen LogP contribution in [0.5, 0.6) is 0 Å². The van der Waals surface area contributed by atoms with E-state index >= 15 is 0 Å². The topological polar surface area (TPSA) is 26.3 Å². The summed E-state index contributed by atoms with van der Waals surface area (Å²) in [5.74, 6) is -0.311. The van der Waals surface area contributed by atoms with Crippen molar-refractivity contribution in [1.29, 1.82) is 0 Å². The van der Waals surface area contributed by atoms with Crippen molar-refractivity contribution < 1.29 is 9.53 Å². The molecule has 0 spiro atoms. The van der Waals surface area contributed by atoms with Gasteiger partial charge in [0.1, 0.15) is 0 Å². The van der Waals surface area contributed by atoms with Gasteiger partial charge in [0.15, 0.2) is 0 Å². The number of rotatable bonds is 3. The fourth-order valence-corrected chi connectivity index (χ4v) is 2.12. The third-order valence-electron chi connectivity index (χ3n) is 3.86. The second-order valence-corrected chi connectivity index (χ2v) is 5.11. The van der Waals surface area contributed by atoms with E-state index in [0.717, 1.165) is 6.42 Å². The molecule has 0 aliphatic heterocycles. The molecule has 1 aliphatic rings. The lowest BCUT2D eigenvalue weighted by molar-refractivity contribution is -0.143. The molecule has 0 aromatic heterocycles. The van der Waals surface area contributed by atoms with Crippen LogP contribution in [-0.2, 0) is 9.53 Å².